The Balaban J connectivity index is 1.47. The zero-order chi connectivity index (χ0) is 19.1. The van der Waals surface area contributed by atoms with Crippen molar-refractivity contribution >= 4 is 33.4 Å². The van der Waals surface area contributed by atoms with Crippen molar-refractivity contribution in [2.24, 2.45) is 0 Å². The molecular weight excluding hydrogens is 350 g/mol. The number of hydrogen-bond donors (Lipinski definition) is 2. The van der Waals surface area contributed by atoms with Gasteiger partial charge in [-0.2, -0.15) is 10.4 Å². The van der Waals surface area contributed by atoms with Crippen molar-refractivity contribution in [3.05, 3.63) is 59.9 Å². The normalized spacial score (nSPS) is 14.5. The van der Waals surface area contributed by atoms with Gasteiger partial charge in [0.1, 0.15) is 6.07 Å². The monoisotopic (exact) mass is 369 g/mol. The molecule has 1 aliphatic rings. The highest BCUT2D eigenvalue weighted by Gasteiger charge is 2.20. The van der Waals surface area contributed by atoms with Crippen LogP contribution in [0.3, 0.4) is 0 Å². The molecule has 2 aromatic carbocycles. The van der Waals surface area contributed by atoms with E-state index >= 15 is 0 Å². The molecule has 0 spiro atoms. The number of hydrogen-bond acceptors (Lipinski definition) is 3. The van der Waals surface area contributed by atoms with Gasteiger partial charge in [-0.3, -0.25) is 9.89 Å². The zero-order valence-electron chi connectivity index (χ0n) is 15.3. The van der Waals surface area contributed by atoms with E-state index in [1.54, 1.807) is 12.3 Å². The predicted molar refractivity (Wildman–Crippen MR) is 108 cm³/mol. The number of aromatic nitrogens is 3. The molecule has 2 aromatic heterocycles. The number of nitriles is 1. The van der Waals surface area contributed by atoms with Crippen LogP contribution in [0.25, 0.3) is 21.8 Å². The van der Waals surface area contributed by atoms with Crippen LogP contribution >= 0.6 is 0 Å². The lowest BCUT2D eigenvalue weighted by Gasteiger charge is -2.13. The number of nitrogens with zero attached hydrogens (tertiary/aromatic N) is 3. The Morgan fingerprint density at radius 2 is 2.07 bits per heavy atom. The number of aromatic amines is 1. The van der Waals surface area contributed by atoms with Gasteiger partial charge in [0.2, 0.25) is 0 Å². The van der Waals surface area contributed by atoms with Gasteiger partial charge in [0.15, 0.2) is 0 Å². The maximum atomic E-state index is 12.7. The van der Waals surface area contributed by atoms with Gasteiger partial charge < -0.3 is 9.88 Å². The van der Waals surface area contributed by atoms with E-state index in [1.807, 2.05) is 36.5 Å². The Kier molecular flexibility index (Phi) is 3.87. The highest BCUT2D eigenvalue weighted by Crippen LogP contribution is 2.35. The molecule has 0 radical (unpaired) electrons. The molecular formula is C22H19N5O. The molecule has 1 aliphatic carbocycles. The molecule has 6 nitrogen and oxygen atoms in total. The molecule has 2 N–H and O–H groups in total. The first-order valence-corrected chi connectivity index (χ1v) is 9.52. The lowest BCUT2D eigenvalue weighted by atomic mass is 10.1. The van der Waals surface area contributed by atoms with E-state index < -0.39 is 0 Å². The number of carbonyl (C=O) groups is 1. The SMILES string of the molecule is N#Cc1cn(C2CCCC2)c2ccc(NC(=O)c3ccc4[nH]ncc4c3)cc12. The molecule has 0 aliphatic heterocycles. The van der Waals surface area contributed by atoms with Crippen LogP contribution in [-0.2, 0) is 0 Å². The fraction of sp³-hybridized carbons (Fsp3) is 0.227. The molecule has 1 saturated carbocycles. The van der Waals surface area contributed by atoms with Gasteiger partial charge in [0.05, 0.1) is 17.3 Å². The third-order valence-electron chi connectivity index (χ3n) is 5.63. The molecule has 0 unspecified atom stereocenters. The van der Waals surface area contributed by atoms with Crippen molar-refractivity contribution in [1.82, 2.24) is 14.8 Å². The fourth-order valence-corrected chi connectivity index (χ4v) is 4.19. The Morgan fingerprint density at radius 3 is 2.89 bits per heavy atom. The summed E-state index contributed by atoms with van der Waals surface area (Å²) in [6, 6.07) is 14.0. The molecule has 1 amide bonds. The first-order chi connectivity index (χ1) is 13.7. The van der Waals surface area contributed by atoms with Crippen LogP contribution in [0.2, 0.25) is 0 Å². The Hall–Kier alpha value is -3.59. The average molecular weight is 369 g/mol. The van der Waals surface area contributed by atoms with Crippen LogP contribution in [0.15, 0.2) is 48.8 Å². The summed E-state index contributed by atoms with van der Waals surface area (Å²) < 4.78 is 2.24. The molecule has 138 valence electrons. The molecule has 2 heterocycles. The smallest absolute Gasteiger partial charge is 0.255 e. The van der Waals surface area contributed by atoms with E-state index in [0.717, 1.165) is 34.6 Å². The van der Waals surface area contributed by atoms with Crippen molar-refractivity contribution < 1.29 is 4.79 Å². The van der Waals surface area contributed by atoms with Crippen LogP contribution in [0.4, 0.5) is 5.69 Å². The Bertz CT molecular complexity index is 1240. The fourth-order valence-electron chi connectivity index (χ4n) is 4.19. The third kappa shape index (κ3) is 2.72. The van der Waals surface area contributed by atoms with E-state index in [-0.39, 0.29) is 5.91 Å². The number of nitrogens with one attached hydrogen (secondary N) is 2. The molecule has 0 bridgehead atoms. The number of anilines is 1. The minimum absolute atomic E-state index is 0.184. The minimum Gasteiger partial charge on any atom is -0.343 e. The van der Waals surface area contributed by atoms with Crippen molar-refractivity contribution in [3.8, 4) is 6.07 Å². The van der Waals surface area contributed by atoms with Crippen molar-refractivity contribution in [3.63, 3.8) is 0 Å². The van der Waals surface area contributed by atoms with E-state index in [1.165, 1.54) is 12.8 Å². The number of H-pyrrole nitrogens is 1. The Morgan fingerprint density at radius 1 is 1.21 bits per heavy atom. The summed E-state index contributed by atoms with van der Waals surface area (Å²) in [5, 5.41) is 21.2. The average Bonchev–Trinajstić information content (AvgIpc) is 3.45. The third-order valence-corrected chi connectivity index (χ3v) is 5.63. The maximum Gasteiger partial charge on any atom is 0.255 e. The summed E-state index contributed by atoms with van der Waals surface area (Å²) in [5.74, 6) is -0.184. The number of rotatable bonds is 3. The summed E-state index contributed by atoms with van der Waals surface area (Å²) in [6.07, 6.45) is 8.44. The summed E-state index contributed by atoms with van der Waals surface area (Å²) >= 11 is 0. The van der Waals surface area contributed by atoms with Gasteiger partial charge in [-0.25, -0.2) is 0 Å². The van der Waals surface area contributed by atoms with E-state index in [4.69, 9.17) is 0 Å². The van der Waals surface area contributed by atoms with Crippen molar-refractivity contribution in [2.45, 2.75) is 31.7 Å². The van der Waals surface area contributed by atoms with Gasteiger partial charge in [0.25, 0.3) is 5.91 Å². The lowest BCUT2D eigenvalue weighted by Crippen LogP contribution is -2.11. The molecule has 0 saturated heterocycles. The largest absolute Gasteiger partial charge is 0.343 e. The summed E-state index contributed by atoms with van der Waals surface area (Å²) in [6.45, 7) is 0. The quantitative estimate of drug-likeness (QED) is 0.546. The molecule has 4 aromatic rings. The standard InChI is InChI=1S/C22H19N5O/c23-11-16-13-27(18-3-1-2-4-18)21-8-6-17(10-19(16)21)25-22(28)14-5-7-20-15(9-14)12-24-26-20/h5-10,12-13,18H,1-4H2,(H,24,26)(H,25,28). The maximum absolute atomic E-state index is 12.7. The highest BCUT2D eigenvalue weighted by molar-refractivity contribution is 6.07. The van der Waals surface area contributed by atoms with Crippen molar-refractivity contribution in [1.29, 1.82) is 5.26 Å². The van der Waals surface area contributed by atoms with E-state index in [0.29, 0.717) is 22.9 Å². The number of carbonyl (C=O) groups excluding carboxylic acids is 1. The molecule has 28 heavy (non-hydrogen) atoms. The molecule has 0 atom stereocenters. The predicted octanol–water partition coefficient (Wildman–Crippen LogP) is 4.76. The summed E-state index contributed by atoms with van der Waals surface area (Å²) in [4.78, 5) is 12.7. The van der Waals surface area contributed by atoms with Gasteiger partial charge in [-0.1, -0.05) is 12.8 Å². The lowest BCUT2D eigenvalue weighted by molar-refractivity contribution is 0.102. The molecule has 6 heteroatoms. The topological polar surface area (TPSA) is 86.5 Å². The molecule has 1 fully saturated rings. The number of fused-ring (bicyclic) bond motifs is 2. The zero-order valence-corrected chi connectivity index (χ0v) is 15.3. The molecule has 5 rings (SSSR count). The van der Waals surface area contributed by atoms with Crippen LogP contribution in [-0.4, -0.2) is 20.7 Å². The highest BCUT2D eigenvalue weighted by atomic mass is 16.1. The van der Waals surface area contributed by atoms with Crippen molar-refractivity contribution in [2.75, 3.05) is 5.32 Å². The Labute approximate surface area is 161 Å². The van der Waals surface area contributed by atoms with Gasteiger partial charge in [0, 0.05) is 39.8 Å². The second-order valence-electron chi connectivity index (χ2n) is 7.36. The van der Waals surface area contributed by atoms with Crippen LogP contribution < -0.4 is 5.32 Å². The van der Waals surface area contributed by atoms with E-state index in [2.05, 4.69) is 26.2 Å². The first-order valence-electron chi connectivity index (χ1n) is 9.52. The second-order valence-corrected chi connectivity index (χ2v) is 7.36. The van der Waals surface area contributed by atoms with Gasteiger partial charge in [-0.05, 0) is 49.2 Å². The van der Waals surface area contributed by atoms with Gasteiger partial charge in [-0.15, -0.1) is 0 Å². The number of benzene rings is 2. The summed E-state index contributed by atoms with van der Waals surface area (Å²) in [5.41, 5.74) is 3.85. The van der Waals surface area contributed by atoms with E-state index in [9.17, 15) is 10.1 Å². The minimum atomic E-state index is -0.184. The van der Waals surface area contributed by atoms with Crippen LogP contribution in [0.1, 0.15) is 47.6 Å². The second kappa shape index (κ2) is 6.54. The van der Waals surface area contributed by atoms with Crippen LogP contribution in [0, 0.1) is 11.3 Å². The van der Waals surface area contributed by atoms with Crippen LogP contribution in [0.5, 0.6) is 0 Å². The summed E-state index contributed by atoms with van der Waals surface area (Å²) in [7, 11) is 0. The first kappa shape index (κ1) is 16.6. The number of amides is 1. The van der Waals surface area contributed by atoms with Gasteiger partial charge >= 0.3 is 0 Å².